The summed E-state index contributed by atoms with van der Waals surface area (Å²) in [5.74, 6) is 0.760. The molecule has 0 saturated carbocycles. The minimum absolute atomic E-state index is 0.301. The number of hydroxylamine groups is 1. The molecular weight excluding hydrogens is 338 g/mol. The molecule has 0 spiro atoms. The van der Waals surface area contributed by atoms with Crippen molar-refractivity contribution in [2.45, 2.75) is 12.6 Å². The van der Waals surface area contributed by atoms with Crippen LogP contribution in [0.25, 0.3) is 0 Å². The highest BCUT2D eigenvalue weighted by molar-refractivity contribution is 5.76. The van der Waals surface area contributed by atoms with Gasteiger partial charge in [0.05, 0.1) is 13.7 Å². The molecule has 0 aliphatic rings. The van der Waals surface area contributed by atoms with Crippen LogP contribution in [-0.2, 0) is 11.3 Å². The topological polar surface area (TPSA) is 44.5 Å². The maximum Gasteiger partial charge on any atom is 0.211 e. The molecule has 0 aromatic heterocycles. The molecule has 0 radical (unpaired) electrons. The molecule has 0 saturated heterocycles. The highest BCUT2D eigenvalue weighted by Crippen LogP contribution is 2.18. The zero-order valence-electron chi connectivity index (χ0n) is 15.3. The Hall–Kier alpha value is -3.11. The van der Waals surface area contributed by atoms with Crippen LogP contribution >= 0.6 is 0 Å². The fraction of sp³-hybridized carbons (Fsp3) is 0.174. The quantitative estimate of drug-likeness (QED) is 0.255. The Morgan fingerprint density at radius 3 is 2.15 bits per heavy atom. The van der Waals surface area contributed by atoms with Gasteiger partial charge in [0, 0.05) is 11.1 Å². The summed E-state index contributed by atoms with van der Waals surface area (Å²) in [6.45, 7) is 0.773. The predicted molar refractivity (Wildman–Crippen MR) is 107 cm³/mol. The van der Waals surface area contributed by atoms with Crippen molar-refractivity contribution in [3.63, 3.8) is 0 Å². The van der Waals surface area contributed by atoms with E-state index >= 15 is 0 Å². The lowest BCUT2D eigenvalue weighted by molar-refractivity contribution is -0.508. The van der Waals surface area contributed by atoms with E-state index in [0.29, 0.717) is 13.2 Å². The van der Waals surface area contributed by atoms with Crippen LogP contribution < -0.4 is 4.74 Å². The Kier molecular flexibility index (Phi) is 6.61. The summed E-state index contributed by atoms with van der Waals surface area (Å²) in [5.41, 5.74) is 2.82. The second kappa shape index (κ2) is 9.55. The summed E-state index contributed by atoms with van der Waals surface area (Å²) < 4.78 is 12.0. The van der Waals surface area contributed by atoms with Crippen LogP contribution in [0.1, 0.15) is 22.7 Å². The van der Waals surface area contributed by atoms with E-state index < -0.39 is 6.04 Å². The molecule has 0 unspecified atom stereocenters. The molecule has 0 aliphatic carbocycles. The average Bonchev–Trinajstić information content (AvgIpc) is 2.73. The third-order valence-corrected chi connectivity index (χ3v) is 4.27. The Morgan fingerprint density at radius 1 is 0.889 bits per heavy atom. The molecule has 3 rings (SSSR count). The predicted octanol–water partition coefficient (Wildman–Crippen LogP) is 4.58. The van der Waals surface area contributed by atoms with E-state index in [1.54, 1.807) is 13.3 Å². The van der Waals surface area contributed by atoms with Crippen LogP contribution in [0, 0.1) is 5.21 Å². The SMILES string of the molecule is COc1ccc(/C=[N+](\[O-])[C@@H](COCc2ccccc2)c2ccccc2)cc1. The first-order valence-corrected chi connectivity index (χ1v) is 8.87. The minimum atomic E-state index is -0.419. The normalized spacial score (nSPS) is 12.6. The fourth-order valence-electron chi connectivity index (χ4n) is 2.78. The van der Waals surface area contributed by atoms with E-state index in [4.69, 9.17) is 9.47 Å². The third kappa shape index (κ3) is 5.43. The second-order valence-corrected chi connectivity index (χ2v) is 6.19. The Bertz CT molecular complexity index is 846. The van der Waals surface area contributed by atoms with Crippen molar-refractivity contribution in [3.05, 3.63) is 107 Å². The van der Waals surface area contributed by atoms with Gasteiger partial charge in [0.2, 0.25) is 6.04 Å². The van der Waals surface area contributed by atoms with Crippen molar-refractivity contribution in [2.24, 2.45) is 0 Å². The summed E-state index contributed by atoms with van der Waals surface area (Å²) in [5, 5.41) is 12.9. The maximum absolute atomic E-state index is 12.9. The van der Waals surface area contributed by atoms with Crippen molar-refractivity contribution in [2.75, 3.05) is 13.7 Å². The van der Waals surface area contributed by atoms with Gasteiger partial charge in [-0.3, -0.25) is 0 Å². The minimum Gasteiger partial charge on any atom is -0.623 e. The first-order chi connectivity index (χ1) is 13.3. The smallest absolute Gasteiger partial charge is 0.211 e. The number of hydrogen-bond acceptors (Lipinski definition) is 3. The monoisotopic (exact) mass is 361 g/mol. The van der Waals surface area contributed by atoms with Crippen molar-refractivity contribution >= 4 is 6.21 Å². The van der Waals surface area contributed by atoms with Gasteiger partial charge in [-0.1, -0.05) is 60.7 Å². The van der Waals surface area contributed by atoms with Crippen molar-refractivity contribution in [1.82, 2.24) is 0 Å². The van der Waals surface area contributed by atoms with Gasteiger partial charge >= 0.3 is 0 Å². The molecule has 0 N–H and O–H groups in total. The van der Waals surface area contributed by atoms with Crippen LogP contribution in [0.15, 0.2) is 84.9 Å². The number of ether oxygens (including phenoxy) is 2. The van der Waals surface area contributed by atoms with Crippen molar-refractivity contribution < 1.29 is 14.2 Å². The van der Waals surface area contributed by atoms with E-state index in [2.05, 4.69) is 0 Å². The van der Waals surface area contributed by atoms with Gasteiger partial charge in [-0.25, -0.2) is 4.74 Å². The van der Waals surface area contributed by atoms with E-state index in [1.807, 2.05) is 84.9 Å². The number of benzene rings is 3. The fourth-order valence-corrected chi connectivity index (χ4v) is 2.78. The van der Waals surface area contributed by atoms with E-state index in [1.165, 1.54) is 0 Å². The van der Waals surface area contributed by atoms with Crippen LogP contribution in [0.2, 0.25) is 0 Å². The van der Waals surface area contributed by atoms with E-state index in [-0.39, 0.29) is 0 Å². The molecule has 3 aromatic carbocycles. The first kappa shape index (κ1) is 18.7. The highest BCUT2D eigenvalue weighted by atomic mass is 16.5. The Labute approximate surface area is 159 Å². The lowest BCUT2D eigenvalue weighted by atomic mass is 10.1. The van der Waals surface area contributed by atoms with Crippen molar-refractivity contribution in [1.29, 1.82) is 0 Å². The molecule has 0 bridgehead atoms. The standard InChI is InChI=1S/C23H23NO3/c1-26-22-14-12-19(13-15-22)16-24(25)23(21-10-6-3-7-11-21)18-27-17-20-8-4-2-5-9-20/h2-16,23H,17-18H2,1H3/b24-16-/t23-/m0/s1. The van der Waals surface area contributed by atoms with Crippen LogP contribution in [-0.4, -0.2) is 24.7 Å². The summed E-state index contributed by atoms with van der Waals surface area (Å²) in [4.78, 5) is 0. The summed E-state index contributed by atoms with van der Waals surface area (Å²) in [6, 6.07) is 26.6. The lowest BCUT2D eigenvalue weighted by Crippen LogP contribution is -2.20. The molecular formula is C23H23NO3. The molecule has 138 valence electrons. The van der Waals surface area contributed by atoms with Gasteiger partial charge in [-0.15, -0.1) is 0 Å². The molecule has 0 aliphatic heterocycles. The summed E-state index contributed by atoms with van der Waals surface area (Å²) in [7, 11) is 1.62. The molecule has 1 atom stereocenters. The maximum atomic E-state index is 12.9. The zero-order chi connectivity index (χ0) is 18.9. The van der Waals surface area contributed by atoms with Gasteiger partial charge < -0.3 is 14.7 Å². The zero-order valence-corrected chi connectivity index (χ0v) is 15.3. The van der Waals surface area contributed by atoms with Crippen LogP contribution in [0.4, 0.5) is 0 Å². The Morgan fingerprint density at radius 2 is 1.52 bits per heavy atom. The van der Waals surface area contributed by atoms with Crippen LogP contribution in [0.3, 0.4) is 0 Å². The number of rotatable bonds is 8. The van der Waals surface area contributed by atoms with Crippen LogP contribution in [0.5, 0.6) is 5.75 Å². The van der Waals surface area contributed by atoms with Gasteiger partial charge in [-0.2, -0.15) is 0 Å². The second-order valence-electron chi connectivity index (χ2n) is 6.19. The van der Waals surface area contributed by atoms with E-state index in [9.17, 15) is 5.21 Å². The summed E-state index contributed by atoms with van der Waals surface area (Å²) >= 11 is 0. The largest absolute Gasteiger partial charge is 0.623 e. The van der Waals surface area contributed by atoms with Gasteiger partial charge in [-0.05, 0) is 29.8 Å². The Balaban J connectivity index is 1.75. The number of methoxy groups -OCH3 is 1. The molecule has 4 heteroatoms. The molecule has 0 amide bonds. The number of hydrogen-bond donors (Lipinski definition) is 0. The highest BCUT2D eigenvalue weighted by Gasteiger charge is 2.19. The molecule has 0 fully saturated rings. The molecule has 3 aromatic rings. The van der Waals surface area contributed by atoms with Gasteiger partial charge in [0.25, 0.3) is 0 Å². The first-order valence-electron chi connectivity index (χ1n) is 8.87. The van der Waals surface area contributed by atoms with Gasteiger partial charge in [0.15, 0.2) is 6.21 Å². The molecule has 0 heterocycles. The average molecular weight is 361 g/mol. The lowest BCUT2D eigenvalue weighted by Gasteiger charge is -2.18. The summed E-state index contributed by atoms with van der Waals surface area (Å²) in [6.07, 6.45) is 1.59. The molecule has 4 nitrogen and oxygen atoms in total. The van der Waals surface area contributed by atoms with E-state index in [0.717, 1.165) is 27.2 Å². The molecule has 27 heavy (non-hydrogen) atoms. The third-order valence-electron chi connectivity index (χ3n) is 4.27. The van der Waals surface area contributed by atoms with Gasteiger partial charge in [0.1, 0.15) is 12.4 Å². The van der Waals surface area contributed by atoms with Crippen molar-refractivity contribution in [3.8, 4) is 5.75 Å². The number of nitrogens with zero attached hydrogens (tertiary/aromatic N) is 1.